The van der Waals surface area contributed by atoms with E-state index in [1.807, 2.05) is 0 Å². The quantitative estimate of drug-likeness (QED) is 0.799. The van der Waals surface area contributed by atoms with Gasteiger partial charge in [-0.1, -0.05) is 30.7 Å². The summed E-state index contributed by atoms with van der Waals surface area (Å²) < 4.78 is 0. The lowest BCUT2D eigenvalue weighted by Gasteiger charge is -2.30. The fourth-order valence-corrected chi connectivity index (χ4v) is 2.93. The lowest BCUT2D eigenvalue weighted by atomic mass is 9.99. The number of hydrogen-bond donors (Lipinski definition) is 1. The molecule has 2 heteroatoms. The zero-order valence-corrected chi connectivity index (χ0v) is 13.4. The molecule has 0 bridgehead atoms. The molecule has 1 heterocycles. The Labute approximate surface area is 124 Å². The molecule has 0 spiro atoms. The number of rotatable bonds is 6. The molecule has 2 nitrogen and oxygen atoms in total. The van der Waals surface area contributed by atoms with Crippen LogP contribution >= 0.6 is 0 Å². The van der Waals surface area contributed by atoms with Gasteiger partial charge in [-0.05, 0) is 76.3 Å². The van der Waals surface area contributed by atoms with Crippen molar-refractivity contribution >= 4 is 0 Å². The maximum atomic E-state index is 3.59. The number of benzene rings is 1. The zero-order valence-electron chi connectivity index (χ0n) is 13.4. The van der Waals surface area contributed by atoms with Gasteiger partial charge in [0.2, 0.25) is 0 Å². The van der Waals surface area contributed by atoms with Crippen molar-refractivity contribution in [2.75, 3.05) is 26.2 Å². The van der Waals surface area contributed by atoms with Crippen LogP contribution < -0.4 is 5.32 Å². The van der Waals surface area contributed by atoms with Gasteiger partial charge >= 0.3 is 0 Å². The van der Waals surface area contributed by atoms with E-state index >= 15 is 0 Å². The van der Waals surface area contributed by atoms with E-state index in [2.05, 4.69) is 49.2 Å². The molecule has 20 heavy (non-hydrogen) atoms. The summed E-state index contributed by atoms with van der Waals surface area (Å²) in [5.74, 6) is 0.939. The number of piperidine rings is 1. The molecular weight excluding hydrogens is 244 g/mol. The molecule has 1 aliphatic heterocycles. The molecule has 0 atom stereocenters. The van der Waals surface area contributed by atoms with Crippen LogP contribution in [0.1, 0.15) is 42.9 Å². The van der Waals surface area contributed by atoms with Crippen molar-refractivity contribution in [3.8, 4) is 0 Å². The van der Waals surface area contributed by atoms with Crippen molar-refractivity contribution < 1.29 is 0 Å². The average molecular weight is 274 g/mol. The second kappa shape index (κ2) is 7.80. The van der Waals surface area contributed by atoms with Crippen molar-refractivity contribution in [1.29, 1.82) is 0 Å². The Hall–Kier alpha value is -0.860. The molecule has 1 fully saturated rings. The average Bonchev–Trinajstić information content (AvgIpc) is 2.44. The lowest BCUT2D eigenvalue weighted by Crippen LogP contribution is -2.34. The molecule has 0 amide bonds. The monoisotopic (exact) mass is 274 g/mol. The molecular formula is C18H30N2. The lowest BCUT2D eigenvalue weighted by molar-refractivity contribution is 0.190. The predicted octanol–water partition coefficient (Wildman–Crippen LogP) is 3.52. The maximum Gasteiger partial charge on any atom is 0.0208 e. The number of aryl methyl sites for hydroxylation is 2. The fourth-order valence-electron chi connectivity index (χ4n) is 2.93. The van der Waals surface area contributed by atoms with Crippen molar-refractivity contribution in [3.63, 3.8) is 0 Å². The van der Waals surface area contributed by atoms with Crippen LogP contribution in [0.5, 0.6) is 0 Å². The van der Waals surface area contributed by atoms with E-state index in [1.165, 1.54) is 55.6 Å². The first kappa shape index (κ1) is 15.5. The Morgan fingerprint density at radius 1 is 1.20 bits per heavy atom. The van der Waals surface area contributed by atoms with Gasteiger partial charge in [-0.15, -0.1) is 0 Å². The highest BCUT2D eigenvalue weighted by molar-refractivity contribution is 5.30. The van der Waals surface area contributed by atoms with Gasteiger partial charge in [-0.2, -0.15) is 0 Å². The molecule has 1 saturated heterocycles. The molecule has 0 aromatic heterocycles. The van der Waals surface area contributed by atoms with Crippen molar-refractivity contribution in [3.05, 3.63) is 34.9 Å². The third kappa shape index (κ3) is 4.92. The van der Waals surface area contributed by atoms with Crippen LogP contribution in [0.4, 0.5) is 0 Å². The highest BCUT2D eigenvalue weighted by atomic mass is 15.1. The molecule has 1 aliphatic rings. The van der Waals surface area contributed by atoms with E-state index in [0.29, 0.717) is 0 Å². The van der Waals surface area contributed by atoms with Crippen LogP contribution in [-0.4, -0.2) is 31.1 Å². The van der Waals surface area contributed by atoms with Gasteiger partial charge in [0.15, 0.2) is 0 Å². The van der Waals surface area contributed by atoms with E-state index in [1.54, 1.807) is 0 Å². The SMILES string of the molecule is Cc1ccc(C)c(CNCCCN2CCC(C)CC2)c1. The predicted molar refractivity (Wildman–Crippen MR) is 87.1 cm³/mol. The van der Waals surface area contributed by atoms with Gasteiger partial charge in [0.25, 0.3) is 0 Å². The Bertz CT molecular complexity index is 406. The van der Waals surface area contributed by atoms with Crippen molar-refractivity contribution in [1.82, 2.24) is 10.2 Å². The van der Waals surface area contributed by atoms with Gasteiger partial charge in [-0.3, -0.25) is 0 Å². The van der Waals surface area contributed by atoms with Crippen LogP contribution in [0.25, 0.3) is 0 Å². The van der Waals surface area contributed by atoms with Crippen molar-refractivity contribution in [2.45, 2.75) is 46.6 Å². The molecule has 1 N–H and O–H groups in total. The van der Waals surface area contributed by atoms with Crippen LogP contribution in [0.15, 0.2) is 18.2 Å². The Morgan fingerprint density at radius 2 is 1.95 bits per heavy atom. The highest BCUT2D eigenvalue weighted by Gasteiger charge is 2.14. The highest BCUT2D eigenvalue weighted by Crippen LogP contribution is 2.15. The Morgan fingerprint density at radius 3 is 2.70 bits per heavy atom. The maximum absolute atomic E-state index is 3.59. The number of nitrogens with zero attached hydrogens (tertiary/aromatic N) is 1. The summed E-state index contributed by atoms with van der Waals surface area (Å²) >= 11 is 0. The molecule has 0 radical (unpaired) electrons. The summed E-state index contributed by atoms with van der Waals surface area (Å²) in [7, 11) is 0. The second-order valence-corrected chi connectivity index (χ2v) is 6.48. The molecule has 0 unspecified atom stereocenters. The van der Waals surface area contributed by atoms with E-state index in [0.717, 1.165) is 19.0 Å². The van der Waals surface area contributed by atoms with Gasteiger partial charge in [-0.25, -0.2) is 0 Å². The van der Waals surface area contributed by atoms with E-state index in [4.69, 9.17) is 0 Å². The minimum absolute atomic E-state index is 0.939. The molecule has 112 valence electrons. The van der Waals surface area contributed by atoms with Crippen LogP contribution in [-0.2, 0) is 6.54 Å². The third-order valence-electron chi connectivity index (χ3n) is 4.52. The van der Waals surface area contributed by atoms with E-state index < -0.39 is 0 Å². The first-order valence-electron chi connectivity index (χ1n) is 8.14. The molecule has 0 aliphatic carbocycles. The van der Waals surface area contributed by atoms with Crippen LogP contribution in [0.3, 0.4) is 0 Å². The van der Waals surface area contributed by atoms with Gasteiger partial charge in [0.1, 0.15) is 0 Å². The zero-order chi connectivity index (χ0) is 14.4. The van der Waals surface area contributed by atoms with Crippen LogP contribution in [0.2, 0.25) is 0 Å². The number of nitrogens with one attached hydrogen (secondary N) is 1. The number of likely N-dealkylation sites (tertiary alicyclic amines) is 1. The first-order chi connectivity index (χ1) is 9.65. The second-order valence-electron chi connectivity index (χ2n) is 6.48. The minimum Gasteiger partial charge on any atom is -0.313 e. The Balaban J connectivity index is 1.61. The molecule has 2 rings (SSSR count). The Kier molecular flexibility index (Phi) is 6.06. The van der Waals surface area contributed by atoms with E-state index in [9.17, 15) is 0 Å². The standard InChI is InChI=1S/C18H30N2/c1-15-7-11-20(12-8-15)10-4-9-19-14-18-13-16(2)5-6-17(18)3/h5-6,13,15,19H,4,7-12,14H2,1-3H3. The summed E-state index contributed by atoms with van der Waals surface area (Å²) in [4.78, 5) is 2.62. The third-order valence-corrected chi connectivity index (χ3v) is 4.52. The van der Waals surface area contributed by atoms with Crippen LogP contribution in [0, 0.1) is 19.8 Å². The smallest absolute Gasteiger partial charge is 0.0208 e. The largest absolute Gasteiger partial charge is 0.313 e. The summed E-state index contributed by atoms with van der Waals surface area (Å²) in [6, 6.07) is 6.71. The minimum atomic E-state index is 0.939. The molecule has 1 aromatic carbocycles. The number of hydrogen-bond acceptors (Lipinski definition) is 2. The van der Waals surface area contributed by atoms with Gasteiger partial charge in [0.05, 0.1) is 0 Å². The topological polar surface area (TPSA) is 15.3 Å². The summed E-state index contributed by atoms with van der Waals surface area (Å²) in [6.07, 6.45) is 4.03. The van der Waals surface area contributed by atoms with Gasteiger partial charge < -0.3 is 10.2 Å². The summed E-state index contributed by atoms with van der Waals surface area (Å²) in [5, 5.41) is 3.59. The van der Waals surface area contributed by atoms with Gasteiger partial charge in [0, 0.05) is 6.54 Å². The molecule has 1 aromatic rings. The normalized spacial score (nSPS) is 17.6. The summed E-state index contributed by atoms with van der Waals surface area (Å²) in [6.45, 7) is 12.7. The first-order valence-corrected chi connectivity index (χ1v) is 8.14. The van der Waals surface area contributed by atoms with Crippen molar-refractivity contribution in [2.24, 2.45) is 5.92 Å². The summed E-state index contributed by atoms with van der Waals surface area (Å²) in [5.41, 5.74) is 4.19. The van der Waals surface area contributed by atoms with E-state index in [-0.39, 0.29) is 0 Å². The fraction of sp³-hybridized carbons (Fsp3) is 0.667. The molecule has 0 saturated carbocycles.